The minimum atomic E-state index is -0.0650. The largest absolute Gasteiger partial charge is 0.399 e. The van der Waals surface area contributed by atoms with E-state index < -0.39 is 0 Å². The molecule has 1 aliphatic heterocycles. The van der Waals surface area contributed by atoms with E-state index in [2.05, 4.69) is 5.32 Å². The van der Waals surface area contributed by atoms with Crippen molar-refractivity contribution in [3.8, 4) is 0 Å². The molecule has 1 aromatic carbocycles. The average molecular weight is 249 g/mol. The highest BCUT2D eigenvalue weighted by molar-refractivity contribution is 5.93. The number of aryl methyl sites for hydroxylation is 1. The Morgan fingerprint density at radius 1 is 1.50 bits per heavy atom. The zero-order valence-corrected chi connectivity index (χ0v) is 10.6. The highest BCUT2D eigenvalue weighted by Gasteiger charge is 2.15. The van der Waals surface area contributed by atoms with E-state index in [4.69, 9.17) is 10.6 Å². The van der Waals surface area contributed by atoms with Gasteiger partial charge in [-0.15, -0.1) is 0 Å². The van der Waals surface area contributed by atoms with Gasteiger partial charge in [0.1, 0.15) is 6.54 Å². The maximum Gasteiger partial charge on any atom is 0.241 e. The fourth-order valence-corrected chi connectivity index (χ4v) is 1.95. The van der Waals surface area contributed by atoms with Gasteiger partial charge in [0.25, 0.3) is 0 Å². The van der Waals surface area contributed by atoms with Crippen LogP contribution in [0, 0.1) is 6.92 Å². The molecule has 2 rings (SSSR count). The van der Waals surface area contributed by atoms with E-state index in [0.717, 1.165) is 30.6 Å². The molecule has 0 atom stereocenters. The van der Waals surface area contributed by atoms with Crippen LogP contribution in [0.2, 0.25) is 0 Å². The zero-order chi connectivity index (χ0) is 13.0. The molecule has 1 fully saturated rings. The molecular weight excluding hydrogens is 230 g/mol. The van der Waals surface area contributed by atoms with E-state index in [1.54, 1.807) is 11.1 Å². The molecule has 0 spiro atoms. The van der Waals surface area contributed by atoms with Crippen LogP contribution < -0.4 is 11.1 Å². The van der Waals surface area contributed by atoms with Gasteiger partial charge in [-0.25, -0.2) is 0 Å². The van der Waals surface area contributed by atoms with Crippen molar-refractivity contribution in [2.24, 2.45) is 0 Å². The fraction of sp³-hybridized carbons (Fsp3) is 0.462. The summed E-state index contributed by atoms with van der Waals surface area (Å²) in [6, 6.07) is 5.44. The number of nitrogens with zero attached hydrogens (tertiary/aromatic N) is 1. The van der Waals surface area contributed by atoms with Crippen LogP contribution >= 0.6 is 0 Å². The first-order chi connectivity index (χ1) is 8.65. The Morgan fingerprint density at radius 3 is 3.00 bits per heavy atom. The SMILES string of the molecule is Cc1cc(N)ccc1NC(=O)CN1CCCCO1. The lowest BCUT2D eigenvalue weighted by molar-refractivity contribution is -0.182. The molecule has 3 N–H and O–H groups in total. The van der Waals surface area contributed by atoms with Gasteiger partial charge in [0.05, 0.1) is 6.61 Å². The molecule has 5 nitrogen and oxygen atoms in total. The lowest BCUT2D eigenvalue weighted by atomic mass is 10.2. The van der Waals surface area contributed by atoms with Crippen molar-refractivity contribution in [1.29, 1.82) is 0 Å². The van der Waals surface area contributed by atoms with E-state index >= 15 is 0 Å². The lowest BCUT2D eigenvalue weighted by Gasteiger charge is -2.25. The Balaban J connectivity index is 1.90. The standard InChI is InChI=1S/C13H19N3O2/c1-10-8-11(14)4-5-12(10)15-13(17)9-16-6-2-3-7-18-16/h4-5,8H,2-3,6-7,9,14H2,1H3,(H,15,17). The highest BCUT2D eigenvalue weighted by Crippen LogP contribution is 2.17. The summed E-state index contributed by atoms with van der Waals surface area (Å²) in [5, 5.41) is 4.58. The summed E-state index contributed by atoms with van der Waals surface area (Å²) in [5.41, 5.74) is 8.12. The summed E-state index contributed by atoms with van der Waals surface area (Å²) in [7, 11) is 0. The van der Waals surface area contributed by atoms with Gasteiger partial charge >= 0.3 is 0 Å². The third-order valence-corrected chi connectivity index (χ3v) is 2.92. The summed E-state index contributed by atoms with van der Waals surface area (Å²) in [4.78, 5) is 17.2. The number of nitrogens with two attached hydrogens (primary N) is 1. The fourth-order valence-electron chi connectivity index (χ4n) is 1.95. The molecule has 0 unspecified atom stereocenters. The smallest absolute Gasteiger partial charge is 0.241 e. The average Bonchev–Trinajstić information content (AvgIpc) is 2.34. The summed E-state index contributed by atoms with van der Waals surface area (Å²) in [5.74, 6) is -0.0650. The summed E-state index contributed by atoms with van der Waals surface area (Å²) < 4.78 is 0. The molecule has 0 aliphatic carbocycles. The highest BCUT2D eigenvalue weighted by atomic mass is 16.7. The van der Waals surface area contributed by atoms with E-state index in [0.29, 0.717) is 12.3 Å². The van der Waals surface area contributed by atoms with Crippen molar-refractivity contribution in [2.45, 2.75) is 19.8 Å². The number of carbonyl (C=O) groups excluding carboxylic acids is 1. The molecule has 1 aromatic rings. The number of hydroxylamine groups is 2. The van der Waals surface area contributed by atoms with Gasteiger partial charge < -0.3 is 11.1 Å². The van der Waals surface area contributed by atoms with Crippen LogP contribution in [0.1, 0.15) is 18.4 Å². The number of carbonyl (C=O) groups is 1. The third kappa shape index (κ3) is 3.45. The van der Waals surface area contributed by atoms with Gasteiger partial charge in [0.15, 0.2) is 0 Å². The molecule has 18 heavy (non-hydrogen) atoms. The summed E-state index contributed by atoms with van der Waals surface area (Å²) in [6.45, 7) is 3.70. The molecule has 0 saturated carbocycles. The number of benzene rings is 1. The van der Waals surface area contributed by atoms with Crippen LogP contribution in [0.3, 0.4) is 0 Å². The second-order valence-electron chi connectivity index (χ2n) is 4.53. The number of hydrogen-bond acceptors (Lipinski definition) is 4. The zero-order valence-electron chi connectivity index (χ0n) is 10.6. The quantitative estimate of drug-likeness (QED) is 0.797. The summed E-state index contributed by atoms with van der Waals surface area (Å²) in [6.07, 6.45) is 2.14. The third-order valence-electron chi connectivity index (χ3n) is 2.92. The van der Waals surface area contributed by atoms with Gasteiger partial charge in [-0.2, -0.15) is 5.06 Å². The van der Waals surface area contributed by atoms with Crippen molar-refractivity contribution in [2.75, 3.05) is 30.7 Å². The number of hydrogen-bond donors (Lipinski definition) is 2. The van der Waals surface area contributed by atoms with Gasteiger partial charge in [0.2, 0.25) is 5.91 Å². The monoisotopic (exact) mass is 249 g/mol. The van der Waals surface area contributed by atoms with E-state index in [9.17, 15) is 4.79 Å². The van der Waals surface area contributed by atoms with Crippen molar-refractivity contribution in [3.05, 3.63) is 23.8 Å². The second-order valence-corrected chi connectivity index (χ2v) is 4.53. The Morgan fingerprint density at radius 2 is 2.33 bits per heavy atom. The van der Waals surface area contributed by atoms with Crippen molar-refractivity contribution in [3.63, 3.8) is 0 Å². The topological polar surface area (TPSA) is 67.6 Å². The first-order valence-corrected chi connectivity index (χ1v) is 6.19. The van der Waals surface area contributed by atoms with Crippen LogP contribution in [0.15, 0.2) is 18.2 Å². The molecule has 5 heteroatoms. The molecule has 1 saturated heterocycles. The predicted octanol–water partition coefficient (Wildman–Crippen LogP) is 1.54. The van der Waals surface area contributed by atoms with Crippen LogP contribution in [0.4, 0.5) is 11.4 Å². The molecular formula is C13H19N3O2. The van der Waals surface area contributed by atoms with Crippen molar-refractivity contribution >= 4 is 17.3 Å². The molecule has 0 aromatic heterocycles. The Bertz CT molecular complexity index is 428. The number of anilines is 2. The Kier molecular flexibility index (Phi) is 4.17. The Labute approximate surface area is 107 Å². The maximum atomic E-state index is 11.9. The Hall–Kier alpha value is -1.59. The molecule has 0 radical (unpaired) electrons. The number of rotatable bonds is 3. The number of nitrogens with one attached hydrogen (secondary N) is 1. The van der Waals surface area contributed by atoms with E-state index in [1.807, 2.05) is 19.1 Å². The minimum absolute atomic E-state index is 0.0650. The molecule has 98 valence electrons. The van der Waals surface area contributed by atoms with Crippen LogP contribution in [0.25, 0.3) is 0 Å². The van der Waals surface area contributed by atoms with E-state index in [1.165, 1.54) is 0 Å². The first-order valence-electron chi connectivity index (χ1n) is 6.19. The van der Waals surface area contributed by atoms with Crippen LogP contribution in [-0.2, 0) is 9.63 Å². The minimum Gasteiger partial charge on any atom is -0.399 e. The first kappa shape index (κ1) is 12.9. The maximum absolute atomic E-state index is 11.9. The number of nitrogen functional groups attached to an aromatic ring is 1. The molecule has 1 amide bonds. The lowest BCUT2D eigenvalue weighted by Crippen LogP contribution is -2.37. The number of amides is 1. The molecule has 1 heterocycles. The van der Waals surface area contributed by atoms with Gasteiger partial charge in [-0.1, -0.05) is 0 Å². The molecule has 0 bridgehead atoms. The summed E-state index contributed by atoms with van der Waals surface area (Å²) >= 11 is 0. The second kappa shape index (κ2) is 5.84. The van der Waals surface area contributed by atoms with Crippen LogP contribution in [0.5, 0.6) is 0 Å². The van der Waals surface area contributed by atoms with Gasteiger partial charge in [0, 0.05) is 17.9 Å². The van der Waals surface area contributed by atoms with Gasteiger partial charge in [-0.3, -0.25) is 9.63 Å². The van der Waals surface area contributed by atoms with E-state index in [-0.39, 0.29) is 12.5 Å². The van der Waals surface area contributed by atoms with Crippen molar-refractivity contribution < 1.29 is 9.63 Å². The van der Waals surface area contributed by atoms with Gasteiger partial charge in [-0.05, 0) is 43.5 Å². The molecule has 1 aliphatic rings. The normalized spacial score (nSPS) is 16.5. The predicted molar refractivity (Wildman–Crippen MR) is 71.0 cm³/mol. The van der Waals surface area contributed by atoms with Crippen molar-refractivity contribution in [1.82, 2.24) is 5.06 Å². The van der Waals surface area contributed by atoms with Crippen LogP contribution in [-0.4, -0.2) is 30.7 Å².